The number of nitrogens with zero attached hydrogens (tertiary/aromatic N) is 2. The lowest BCUT2D eigenvalue weighted by Crippen LogP contribution is -2.39. The first-order valence-electron chi connectivity index (χ1n) is 9.25. The van der Waals surface area contributed by atoms with Crippen LogP contribution in [0, 0.1) is 0 Å². The maximum Gasteiger partial charge on any atom is 0.341 e. The van der Waals surface area contributed by atoms with Gasteiger partial charge >= 0.3 is 11.4 Å². The molecule has 0 atom stereocenters. The van der Waals surface area contributed by atoms with E-state index in [2.05, 4.69) is 10.3 Å². The Hall–Kier alpha value is -3.22. The van der Waals surface area contributed by atoms with Crippen LogP contribution < -0.4 is 27.2 Å². The van der Waals surface area contributed by atoms with E-state index in [1.54, 1.807) is 0 Å². The molecule has 10 nitrogen and oxygen atoms in total. The summed E-state index contributed by atoms with van der Waals surface area (Å²) in [6.45, 7) is 1.71. The fourth-order valence-electron chi connectivity index (χ4n) is 2.88. The second-order valence-electron chi connectivity index (χ2n) is 6.70. The molecule has 2 rings (SSSR count). The van der Waals surface area contributed by atoms with Crippen molar-refractivity contribution in [3.8, 4) is 0 Å². The number of H-pyrrole nitrogens is 1. The maximum absolute atomic E-state index is 12.9. The van der Waals surface area contributed by atoms with Gasteiger partial charge in [-0.2, -0.15) is 8.78 Å². The molecule has 13 heteroatoms. The number of aromatic nitrogens is 2. The fraction of sp³-hybridized carbons (Fsp3) is 0.389. The predicted octanol–water partition coefficient (Wildman–Crippen LogP) is 0.990. The Balaban J connectivity index is 2.29. The van der Waals surface area contributed by atoms with Crippen LogP contribution in [0.4, 0.5) is 26.0 Å². The highest BCUT2D eigenvalue weighted by Gasteiger charge is 2.29. The smallest absolute Gasteiger partial charge is 0.341 e. The van der Waals surface area contributed by atoms with Gasteiger partial charge in [-0.05, 0) is 18.6 Å². The molecule has 0 saturated carbocycles. The Morgan fingerprint density at radius 1 is 1.29 bits per heavy atom. The molecule has 0 radical (unpaired) electrons. The quantitative estimate of drug-likeness (QED) is 0.506. The molecule has 0 saturated heterocycles. The van der Waals surface area contributed by atoms with Crippen molar-refractivity contribution in [3.05, 3.63) is 45.1 Å². The van der Waals surface area contributed by atoms with E-state index in [1.165, 1.54) is 34.7 Å². The number of para-hydroxylation sites is 1. The lowest BCUT2D eigenvalue weighted by molar-refractivity contribution is -0.114. The zero-order valence-electron chi connectivity index (χ0n) is 16.9. The van der Waals surface area contributed by atoms with Crippen molar-refractivity contribution < 1.29 is 22.0 Å². The van der Waals surface area contributed by atoms with Gasteiger partial charge < -0.3 is 16.0 Å². The minimum Gasteiger partial charge on any atom is -0.383 e. The van der Waals surface area contributed by atoms with Gasteiger partial charge in [0, 0.05) is 13.6 Å². The molecular weight excluding hydrogens is 436 g/mol. The minimum absolute atomic E-state index is 0.126. The zero-order valence-corrected chi connectivity index (χ0v) is 17.7. The first-order valence-corrected chi connectivity index (χ1v) is 10.8. The van der Waals surface area contributed by atoms with E-state index in [0.717, 1.165) is 12.5 Å². The molecule has 0 bridgehead atoms. The molecular formula is C18H23F2N5O5S. The number of carbonyl (C=O) groups is 1. The van der Waals surface area contributed by atoms with Gasteiger partial charge in [0.2, 0.25) is 15.7 Å². The van der Waals surface area contributed by atoms with Gasteiger partial charge in [-0.3, -0.25) is 19.1 Å². The maximum atomic E-state index is 12.9. The summed E-state index contributed by atoms with van der Waals surface area (Å²) in [5.74, 6) is -4.57. The van der Waals surface area contributed by atoms with Crippen LogP contribution in [0.2, 0.25) is 0 Å². The number of sulfone groups is 1. The molecule has 1 heterocycles. The number of alkyl halides is 2. The van der Waals surface area contributed by atoms with Crippen molar-refractivity contribution in [2.75, 3.05) is 29.5 Å². The molecule has 170 valence electrons. The lowest BCUT2D eigenvalue weighted by Gasteiger charge is -2.21. The summed E-state index contributed by atoms with van der Waals surface area (Å²) in [6, 6.07) is 4.74. The molecule has 0 unspecified atom stereocenters. The number of hydrogen-bond acceptors (Lipinski definition) is 7. The van der Waals surface area contributed by atoms with E-state index in [1.807, 2.05) is 6.92 Å². The monoisotopic (exact) mass is 459 g/mol. The summed E-state index contributed by atoms with van der Waals surface area (Å²) in [6.07, 6.45) is 1.41. The SMILES string of the molecule is CCCCn1c(N)c(N(C)CC(=O)Nc2ccccc2S(=O)(=O)C(F)F)c(=O)[nH]c1=O. The van der Waals surface area contributed by atoms with Gasteiger partial charge in [0.25, 0.3) is 5.56 Å². The number of amides is 1. The van der Waals surface area contributed by atoms with Crippen molar-refractivity contribution in [1.82, 2.24) is 9.55 Å². The average Bonchev–Trinajstić information content (AvgIpc) is 2.67. The van der Waals surface area contributed by atoms with E-state index >= 15 is 0 Å². The molecule has 1 amide bonds. The number of likely N-dealkylation sites (N-methyl/N-ethyl adjacent to an activating group) is 1. The summed E-state index contributed by atoms with van der Waals surface area (Å²) in [5, 5.41) is 2.26. The number of benzene rings is 1. The standard InChI is InChI=1S/C18H23F2N5O5S/c1-3-4-9-25-15(21)14(16(27)23-18(25)28)24(2)10-13(26)22-11-7-5-6-8-12(11)31(29,30)17(19)20/h5-8,17H,3-4,9-10,21H2,1-2H3,(H,22,26)(H,23,27,28). The minimum atomic E-state index is -4.94. The van der Waals surface area contributed by atoms with E-state index in [-0.39, 0.29) is 23.7 Å². The normalized spacial score (nSPS) is 11.5. The summed E-state index contributed by atoms with van der Waals surface area (Å²) in [7, 11) is -3.57. The van der Waals surface area contributed by atoms with Gasteiger partial charge in [0.05, 0.1) is 17.1 Å². The third kappa shape index (κ3) is 5.29. The number of anilines is 3. The Bertz CT molecular complexity index is 1180. The van der Waals surface area contributed by atoms with Crippen LogP contribution in [0.15, 0.2) is 38.8 Å². The Morgan fingerprint density at radius 2 is 1.94 bits per heavy atom. The molecule has 1 aromatic carbocycles. The van der Waals surface area contributed by atoms with Crippen LogP contribution in [0.1, 0.15) is 19.8 Å². The zero-order chi connectivity index (χ0) is 23.3. The van der Waals surface area contributed by atoms with Crippen molar-refractivity contribution in [2.45, 2.75) is 37.0 Å². The number of nitrogen functional groups attached to an aromatic ring is 1. The molecule has 1 aromatic heterocycles. The van der Waals surface area contributed by atoms with Gasteiger partial charge in [0.1, 0.15) is 11.5 Å². The highest BCUT2D eigenvalue weighted by atomic mass is 32.2. The molecule has 2 aromatic rings. The third-order valence-electron chi connectivity index (χ3n) is 4.41. The van der Waals surface area contributed by atoms with Crippen molar-refractivity contribution in [3.63, 3.8) is 0 Å². The van der Waals surface area contributed by atoms with Crippen LogP contribution in [-0.4, -0.2) is 43.2 Å². The van der Waals surface area contributed by atoms with E-state index in [4.69, 9.17) is 5.73 Å². The van der Waals surface area contributed by atoms with Crippen LogP contribution in [0.5, 0.6) is 0 Å². The Kier molecular flexibility index (Phi) is 7.55. The van der Waals surface area contributed by atoms with Crippen molar-refractivity contribution in [1.29, 1.82) is 0 Å². The van der Waals surface area contributed by atoms with E-state index in [0.29, 0.717) is 6.42 Å². The Labute approximate surface area is 176 Å². The number of carbonyl (C=O) groups excluding carboxylic acids is 1. The number of nitrogens with one attached hydrogen (secondary N) is 2. The summed E-state index contributed by atoms with van der Waals surface area (Å²) < 4.78 is 50.6. The summed E-state index contributed by atoms with van der Waals surface area (Å²) in [5.41, 5.74) is 4.05. The van der Waals surface area contributed by atoms with Crippen LogP contribution in [-0.2, 0) is 21.2 Å². The predicted molar refractivity (Wildman–Crippen MR) is 112 cm³/mol. The van der Waals surface area contributed by atoms with Gasteiger partial charge in [0.15, 0.2) is 0 Å². The number of aromatic amines is 1. The van der Waals surface area contributed by atoms with E-state index < -0.39 is 44.2 Å². The highest BCUT2D eigenvalue weighted by molar-refractivity contribution is 7.91. The average molecular weight is 459 g/mol. The van der Waals surface area contributed by atoms with Crippen LogP contribution >= 0.6 is 0 Å². The van der Waals surface area contributed by atoms with E-state index in [9.17, 15) is 31.6 Å². The highest BCUT2D eigenvalue weighted by Crippen LogP contribution is 2.26. The second-order valence-corrected chi connectivity index (χ2v) is 8.59. The number of nitrogens with two attached hydrogens (primary N) is 1. The number of rotatable bonds is 9. The molecule has 0 spiro atoms. The first-order chi connectivity index (χ1) is 14.5. The largest absolute Gasteiger partial charge is 0.383 e. The third-order valence-corrected chi connectivity index (χ3v) is 5.85. The number of hydrogen-bond donors (Lipinski definition) is 3. The molecule has 0 aliphatic heterocycles. The van der Waals surface area contributed by atoms with Crippen molar-refractivity contribution in [2.24, 2.45) is 0 Å². The molecule has 31 heavy (non-hydrogen) atoms. The van der Waals surface area contributed by atoms with Crippen LogP contribution in [0.25, 0.3) is 0 Å². The fourth-order valence-corrected chi connectivity index (χ4v) is 3.77. The lowest BCUT2D eigenvalue weighted by atomic mass is 10.3. The molecule has 0 aliphatic rings. The summed E-state index contributed by atoms with van der Waals surface area (Å²) in [4.78, 5) is 39.3. The molecule has 0 fully saturated rings. The Morgan fingerprint density at radius 3 is 2.55 bits per heavy atom. The number of unbranched alkanes of at least 4 members (excludes halogenated alkanes) is 1. The molecule has 0 aliphatic carbocycles. The van der Waals surface area contributed by atoms with Crippen molar-refractivity contribution >= 4 is 32.9 Å². The van der Waals surface area contributed by atoms with Gasteiger partial charge in [-0.25, -0.2) is 13.2 Å². The second kappa shape index (κ2) is 9.73. The topological polar surface area (TPSA) is 147 Å². The number of halogens is 2. The van der Waals surface area contributed by atoms with Gasteiger partial charge in [-0.15, -0.1) is 0 Å². The van der Waals surface area contributed by atoms with Crippen LogP contribution in [0.3, 0.4) is 0 Å². The van der Waals surface area contributed by atoms with Gasteiger partial charge in [-0.1, -0.05) is 25.5 Å². The summed E-state index contributed by atoms with van der Waals surface area (Å²) >= 11 is 0. The molecule has 4 N–H and O–H groups in total. The first kappa shape index (κ1) is 24.1.